The van der Waals surface area contributed by atoms with Crippen LogP contribution in [0.5, 0.6) is 0 Å². The van der Waals surface area contributed by atoms with E-state index in [0.717, 1.165) is 24.9 Å². The topological polar surface area (TPSA) is 52.9 Å². The molecule has 0 spiro atoms. The molecule has 0 amide bonds. The minimum atomic E-state index is -0.163. The van der Waals surface area contributed by atoms with Crippen molar-refractivity contribution in [1.29, 1.82) is 0 Å². The van der Waals surface area contributed by atoms with E-state index in [2.05, 4.69) is 23.1 Å². The van der Waals surface area contributed by atoms with Gasteiger partial charge in [-0.05, 0) is 30.8 Å². The normalized spacial score (nSPS) is 26.9. The molecule has 4 nitrogen and oxygen atoms in total. The second-order valence-corrected chi connectivity index (χ2v) is 5.61. The van der Waals surface area contributed by atoms with Gasteiger partial charge in [-0.25, -0.2) is 4.99 Å². The maximum absolute atomic E-state index is 12.2. The third-order valence-electron chi connectivity index (χ3n) is 4.08. The third kappa shape index (κ3) is 3.67. The van der Waals surface area contributed by atoms with E-state index in [1.54, 1.807) is 6.08 Å². The number of carbonyl (C=O) groups excluding carboxylic acids is 1. The number of nitrogens with zero attached hydrogens (tertiary/aromatic N) is 2. The van der Waals surface area contributed by atoms with Crippen LogP contribution in [0.3, 0.4) is 0 Å². The van der Waals surface area contributed by atoms with Gasteiger partial charge in [-0.2, -0.15) is 0 Å². The monoisotopic (exact) mass is 274 g/mol. The van der Waals surface area contributed by atoms with Gasteiger partial charge >= 0.3 is 0 Å². The van der Waals surface area contributed by atoms with Crippen LogP contribution in [0, 0.1) is 11.8 Å². The Labute approximate surface area is 120 Å². The molecule has 1 heterocycles. The summed E-state index contributed by atoms with van der Waals surface area (Å²) < 4.78 is 0. The summed E-state index contributed by atoms with van der Waals surface area (Å²) in [7, 11) is 0. The first-order valence-electron chi connectivity index (χ1n) is 7.10. The molecule has 2 fully saturated rings. The fourth-order valence-corrected chi connectivity index (χ4v) is 3.21. The van der Waals surface area contributed by atoms with Gasteiger partial charge in [-0.1, -0.05) is 25.7 Å². The molecule has 0 radical (unpaired) electrons. The Bertz CT molecular complexity index is 453. The highest BCUT2D eigenvalue weighted by Crippen LogP contribution is 2.37. The average molecular weight is 274 g/mol. The van der Waals surface area contributed by atoms with Gasteiger partial charge in [-0.15, -0.1) is 0 Å². The maximum atomic E-state index is 12.2. The summed E-state index contributed by atoms with van der Waals surface area (Å²) in [5.41, 5.74) is 0.312. The van der Waals surface area contributed by atoms with Gasteiger partial charge in [0.1, 0.15) is 11.5 Å². The molecule has 0 aromatic carbocycles. The van der Waals surface area contributed by atoms with Gasteiger partial charge in [0, 0.05) is 13.1 Å². The fraction of sp³-hybridized carbons (Fsp3) is 0.500. The molecule has 1 aliphatic heterocycles. The number of fused-ring (bicyclic) bond motifs is 1. The molecule has 108 valence electrons. The van der Waals surface area contributed by atoms with Crippen molar-refractivity contribution in [3.63, 3.8) is 0 Å². The molecule has 1 N–H and O–H groups in total. The molecular formula is C16H22N2O2. The van der Waals surface area contributed by atoms with E-state index in [0.29, 0.717) is 12.2 Å². The van der Waals surface area contributed by atoms with Crippen molar-refractivity contribution in [2.75, 3.05) is 19.6 Å². The van der Waals surface area contributed by atoms with Crippen LogP contribution in [0.25, 0.3) is 0 Å². The van der Waals surface area contributed by atoms with Crippen molar-refractivity contribution in [1.82, 2.24) is 4.90 Å². The number of carbonyl (C=O) groups is 1. The van der Waals surface area contributed by atoms with E-state index in [9.17, 15) is 4.79 Å². The highest BCUT2D eigenvalue weighted by molar-refractivity contribution is 5.98. The number of hydrogen-bond donors (Lipinski definition) is 1. The number of rotatable bonds is 6. The Balaban J connectivity index is 1.94. The van der Waals surface area contributed by atoms with Crippen molar-refractivity contribution in [2.24, 2.45) is 16.8 Å². The average Bonchev–Trinajstić information content (AvgIpc) is 2.94. The van der Waals surface area contributed by atoms with E-state index >= 15 is 0 Å². The number of hydrogen-bond acceptors (Lipinski definition) is 4. The predicted molar refractivity (Wildman–Crippen MR) is 80.8 cm³/mol. The molecule has 2 atom stereocenters. The van der Waals surface area contributed by atoms with Crippen LogP contribution in [0.2, 0.25) is 0 Å². The predicted octanol–water partition coefficient (Wildman–Crippen LogP) is 2.50. The Morgan fingerprint density at radius 1 is 1.35 bits per heavy atom. The number of allylic oxidation sites excluding steroid dienone is 3. The van der Waals surface area contributed by atoms with Crippen molar-refractivity contribution in [2.45, 2.75) is 19.3 Å². The number of aliphatic hydroxyl groups is 1. The van der Waals surface area contributed by atoms with Gasteiger partial charge < -0.3 is 5.11 Å². The van der Waals surface area contributed by atoms with Gasteiger partial charge in [0.2, 0.25) is 0 Å². The minimum absolute atomic E-state index is 0.0395. The van der Waals surface area contributed by atoms with Crippen LogP contribution in [-0.2, 0) is 4.79 Å². The molecule has 0 bridgehead atoms. The summed E-state index contributed by atoms with van der Waals surface area (Å²) in [5.74, 6) is 1.34. The minimum Gasteiger partial charge on any atom is -0.507 e. The summed E-state index contributed by atoms with van der Waals surface area (Å²) in [4.78, 5) is 18.4. The number of Topliss-reactive ketones (excluding diaryl/α,β-unsaturated/α-hetero) is 1. The van der Waals surface area contributed by atoms with Gasteiger partial charge in [0.25, 0.3) is 0 Å². The number of aliphatic imine (C=N–C) groups is 1. The Hall–Kier alpha value is -1.68. The van der Waals surface area contributed by atoms with Crippen LogP contribution >= 0.6 is 0 Å². The van der Waals surface area contributed by atoms with Crippen molar-refractivity contribution < 1.29 is 9.90 Å². The van der Waals surface area contributed by atoms with E-state index in [1.165, 1.54) is 31.6 Å². The van der Waals surface area contributed by atoms with Crippen molar-refractivity contribution in [3.05, 3.63) is 36.8 Å². The molecule has 1 aliphatic carbocycles. The quantitative estimate of drug-likeness (QED) is 0.350. The molecular weight excluding hydrogens is 252 g/mol. The summed E-state index contributed by atoms with van der Waals surface area (Å²) in [6.45, 7) is 9.34. The van der Waals surface area contributed by atoms with Crippen LogP contribution in [0.1, 0.15) is 19.3 Å². The molecule has 4 heteroatoms. The van der Waals surface area contributed by atoms with E-state index in [1.807, 2.05) is 0 Å². The van der Waals surface area contributed by atoms with Gasteiger partial charge in [-0.3, -0.25) is 9.69 Å². The number of aliphatic hydroxyl groups excluding tert-OH is 1. The summed E-state index contributed by atoms with van der Waals surface area (Å²) in [6, 6.07) is 0. The number of likely N-dealkylation sites (tertiary alicyclic amines) is 1. The zero-order chi connectivity index (χ0) is 14.5. The SMILES string of the molecule is C=C/C=C(\N=CC(=C)O)C(=O)CN1C[C@H]2CCC[C@H]2C1. The van der Waals surface area contributed by atoms with Crippen LogP contribution in [0.15, 0.2) is 41.8 Å². The lowest BCUT2D eigenvalue weighted by atomic mass is 10.0. The smallest absolute Gasteiger partial charge is 0.195 e. The van der Waals surface area contributed by atoms with E-state index in [-0.39, 0.29) is 11.5 Å². The zero-order valence-electron chi connectivity index (χ0n) is 11.8. The number of ketones is 1. The highest BCUT2D eigenvalue weighted by Gasteiger charge is 2.36. The zero-order valence-corrected chi connectivity index (χ0v) is 11.8. The van der Waals surface area contributed by atoms with E-state index < -0.39 is 0 Å². The molecule has 0 unspecified atom stereocenters. The third-order valence-corrected chi connectivity index (χ3v) is 4.08. The van der Waals surface area contributed by atoms with Crippen molar-refractivity contribution in [3.8, 4) is 0 Å². The molecule has 2 rings (SSSR count). The second-order valence-electron chi connectivity index (χ2n) is 5.61. The van der Waals surface area contributed by atoms with Crippen molar-refractivity contribution >= 4 is 12.0 Å². The lowest BCUT2D eigenvalue weighted by Crippen LogP contribution is -2.29. The maximum Gasteiger partial charge on any atom is 0.195 e. The van der Waals surface area contributed by atoms with Gasteiger partial charge in [0.05, 0.1) is 12.8 Å². The fourth-order valence-electron chi connectivity index (χ4n) is 3.21. The molecule has 0 aromatic heterocycles. The first-order chi connectivity index (χ1) is 9.60. The summed E-state index contributed by atoms with van der Waals surface area (Å²) in [5, 5.41) is 9.03. The molecule has 1 saturated carbocycles. The molecule has 2 aliphatic rings. The largest absolute Gasteiger partial charge is 0.507 e. The first kappa shape index (κ1) is 14.7. The lowest BCUT2D eigenvalue weighted by Gasteiger charge is -2.15. The summed E-state index contributed by atoms with van der Waals surface area (Å²) >= 11 is 0. The van der Waals surface area contributed by atoms with Crippen LogP contribution < -0.4 is 0 Å². The van der Waals surface area contributed by atoms with Gasteiger partial charge in [0.15, 0.2) is 5.78 Å². The van der Waals surface area contributed by atoms with Crippen LogP contribution in [-0.4, -0.2) is 41.6 Å². The second kappa shape index (κ2) is 6.66. The first-order valence-corrected chi connectivity index (χ1v) is 7.10. The van der Waals surface area contributed by atoms with Crippen LogP contribution in [0.4, 0.5) is 0 Å². The Morgan fingerprint density at radius 2 is 2.00 bits per heavy atom. The lowest BCUT2D eigenvalue weighted by molar-refractivity contribution is -0.116. The Kier molecular flexibility index (Phi) is 4.90. The van der Waals surface area contributed by atoms with E-state index in [4.69, 9.17) is 5.11 Å². The highest BCUT2D eigenvalue weighted by atomic mass is 16.3. The summed E-state index contributed by atoms with van der Waals surface area (Å²) in [6.07, 6.45) is 8.22. The standard InChI is InChI=1S/C16H22N2O2/c1-3-5-15(17-8-12(2)19)16(20)11-18-9-13-6-4-7-14(13)10-18/h3,5,8,13-14,19H,1-2,4,6-7,9-11H2/b15-5-,17-8?/t13-,14+. The molecule has 0 aromatic rings. The Morgan fingerprint density at radius 3 is 2.55 bits per heavy atom. The molecule has 1 saturated heterocycles. The molecule has 20 heavy (non-hydrogen) atoms.